The maximum Gasteiger partial charge on any atom is 0.312 e. The molecule has 2 atom stereocenters. The number of hydrogen-bond donors (Lipinski definition) is 0. The fourth-order valence-electron chi connectivity index (χ4n) is 6.06. The number of esters is 1. The van der Waals surface area contributed by atoms with Crippen molar-refractivity contribution in [2.24, 2.45) is 17.3 Å². The molecule has 0 spiro atoms. The lowest BCUT2D eigenvalue weighted by Crippen LogP contribution is -2.56. The number of hydrogen-bond acceptors (Lipinski definition) is 3. The monoisotopic (exact) mass is 433 g/mol. The highest BCUT2D eigenvalue weighted by molar-refractivity contribution is 9.10. The van der Waals surface area contributed by atoms with E-state index in [0.717, 1.165) is 24.9 Å². The number of nitrogens with zero attached hydrogens (tertiary/aromatic N) is 1. The van der Waals surface area contributed by atoms with E-state index in [4.69, 9.17) is 4.74 Å². The van der Waals surface area contributed by atoms with Gasteiger partial charge in [-0.05, 0) is 76.3 Å². The lowest BCUT2D eigenvalue weighted by atomic mass is 9.49. The predicted octanol–water partition coefficient (Wildman–Crippen LogP) is 4.71. The summed E-state index contributed by atoms with van der Waals surface area (Å²) in [5.41, 5.74) is 0.450. The van der Waals surface area contributed by atoms with Crippen LogP contribution in [0.5, 0.6) is 0 Å². The molecule has 0 N–H and O–H groups in total. The van der Waals surface area contributed by atoms with Gasteiger partial charge in [0.25, 0.3) is 5.91 Å². The summed E-state index contributed by atoms with van der Waals surface area (Å²) < 4.78 is 5.74. The first kappa shape index (κ1) is 19.0. The van der Waals surface area contributed by atoms with Crippen molar-refractivity contribution in [3.05, 3.63) is 30.3 Å². The molecule has 4 nitrogen and oxygen atoms in total. The number of halogens is 1. The van der Waals surface area contributed by atoms with Crippen molar-refractivity contribution in [3.8, 4) is 0 Å². The third-order valence-electron chi connectivity index (χ3n) is 6.57. The van der Waals surface area contributed by atoms with Crippen LogP contribution < -0.4 is 4.90 Å². The van der Waals surface area contributed by atoms with Gasteiger partial charge in [0.15, 0.2) is 6.61 Å². The SMILES string of the molecule is CC(C)N(C(=O)COC(=O)C12C[C@H]3C[C@@H](CC(Br)(C3)C1)C2)c1ccccc1. The van der Waals surface area contributed by atoms with Crippen molar-refractivity contribution in [2.45, 2.75) is 62.7 Å². The van der Waals surface area contributed by atoms with Gasteiger partial charge in [-0.3, -0.25) is 9.59 Å². The summed E-state index contributed by atoms with van der Waals surface area (Å²) in [6.07, 6.45) is 6.30. The molecule has 0 saturated heterocycles. The zero-order valence-electron chi connectivity index (χ0n) is 16.1. The Morgan fingerprint density at radius 1 is 1.15 bits per heavy atom. The lowest BCUT2D eigenvalue weighted by Gasteiger charge is -2.58. The fourth-order valence-corrected chi connectivity index (χ4v) is 7.51. The van der Waals surface area contributed by atoms with E-state index < -0.39 is 0 Å². The standard InChI is InChI=1S/C22H28BrNO3/c1-15(2)24(18-6-4-3-5-7-18)19(25)13-27-20(26)21-9-16-8-17(10-21)12-22(23,11-16)14-21/h3-7,15-17H,8-14H2,1-2H3/t16-,17-,21?,22?/m1/s1. The molecule has 1 amide bonds. The van der Waals surface area contributed by atoms with Crippen LogP contribution in [0.1, 0.15) is 52.4 Å². The molecule has 4 saturated carbocycles. The highest BCUT2D eigenvalue weighted by atomic mass is 79.9. The molecule has 4 aliphatic rings. The molecule has 4 fully saturated rings. The molecular weight excluding hydrogens is 406 g/mol. The number of carbonyl (C=O) groups excluding carboxylic acids is 2. The average Bonchev–Trinajstić information content (AvgIpc) is 2.58. The van der Waals surface area contributed by atoms with E-state index in [-0.39, 0.29) is 34.3 Å². The summed E-state index contributed by atoms with van der Waals surface area (Å²) in [7, 11) is 0. The highest BCUT2D eigenvalue weighted by Gasteiger charge is 2.60. The maximum absolute atomic E-state index is 13.1. The summed E-state index contributed by atoms with van der Waals surface area (Å²) in [6.45, 7) is 3.76. The highest BCUT2D eigenvalue weighted by Crippen LogP contribution is 2.64. The Morgan fingerprint density at radius 2 is 1.78 bits per heavy atom. The first-order chi connectivity index (χ1) is 12.8. The van der Waals surface area contributed by atoms with Crippen molar-refractivity contribution in [1.82, 2.24) is 0 Å². The number of alkyl halides is 1. The minimum atomic E-state index is -0.386. The second-order valence-electron chi connectivity index (χ2n) is 9.16. The van der Waals surface area contributed by atoms with Gasteiger partial charge in [0, 0.05) is 16.1 Å². The number of anilines is 1. The second kappa shape index (κ2) is 6.91. The van der Waals surface area contributed by atoms with Gasteiger partial charge in [-0.1, -0.05) is 34.1 Å². The Morgan fingerprint density at radius 3 is 2.33 bits per heavy atom. The van der Waals surface area contributed by atoms with Crippen molar-refractivity contribution >= 4 is 33.5 Å². The van der Waals surface area contributed by atoms with Crippen LogP contribution in [0.15, 0.2) is 30.3 Å². The maximum atomic E-state index is 13.1. The van der Waals surface area contributed by atoms with Gasteiger partial charge >= 0.3 is 5.97 Å². The molecule has 1 aromatic rings. The molecule has 5 heteroatoms. The van der Waals surface area contributed by atoms with Gasteiger partial charge in [0.2, 0.25) is 0 Å². The molecule has 0 unspecified atom stereocenters. The Kier molecular flexibility index (Phi) is 4.86. The Bertz CT molecular complexity index is 718. The summed E-state index contributed by atoms with van der Waals surface area (Å²) in [5, 5.41) is 0. The first-order valence-electron chi connectivity index (χ1n) is 10.0. The Balaban J connectivity index is 1.44. The van der Waals surface area contributed by atoms with E-state index in [1.165, 1.54) is 19.3 Å². The number of benzene rings is 1. The van der Waals surface area contributed by atoms with Crippen molar-refractivity contribution in [2.75, 3.05) is 11.5 Å². The van der Waals surface area contributed by atoms with Crippen LogP contribution in [-0.2, 0) is 14.3 Å². The summed E-state index contributed by atoms with van der Waals surface area (Å²) in [4.78, 5) is 27.6. The molecular formula is C22H28BrNO3. The van der Waals surface area contributed by atoms with Gasteiger partial charge in [0.05, 0.1) is 5.41 Å². The predicted molar refractivity (Wildman–Crippen MR) is 109 cm³/mol. The molecule has 4 bridgehead atoms. The molecule has 0 aliphatic heterocycles. The topological polar surface area (TPSA) is 46.6 Å². The first-order valence-corrected chi connectivity index (χ1v) is 10.8. The quantitative estimate of drug-likeness (QED) is 0.498. The number of rotatable bonds is 5. The van der Waals surface area contributed by atoms with E-state index in [1.807, 2.05) is 44.2 Å². The van der Waals surface area contributed by atoms with E-state index in [2.05, 4.69) is 15.9 Å². The minimum absolute atomic E-state index is 0.00367. The average molecular weight is 434 g/mol. The summed E-state index contributed by atoms with van der Waals surface area (Å²) >= 11 is 3.93. The number of carbonyl (C=O) groups is 2. The normalized spacial score (nSPS) is 33.9. The van der Waals surface area contributed by atoms with Crippen LogP contribution in [0, 0.1) is 17.3 Å². The van der Waals surface area contributed by atoms with Crippen LogP contribution in [0.3, 0.4) is 0 Å². The third-order valence-corrected chi connectivity index (χ3v) is 7.50. The largest absolute Gasteiger partial charge is 0.455 e. The van der Waals surface area contributed by atoms with Crippen molar-refractivity contribution in [3.63, 3.8) is 0 Å². The summed E-state index contributed by atoms with van der Waals surface area (Å²) in [6, 6.07) is 9.57. The van der Waals surface area contributed by atoms with E-state index >= 15 is 0 Å². The van der Waals surface area contributed by atoms with Gasteiger partial charge < -0.3 is 9.64 Å². The molecule has 27 heavy (non-hydrogen) atoms. The van der Waals surface area contributed by atoms with Crippen LogP contribution in [0.2, 0.25) is 0 Å². The minimum Gasteiger partial charge on any atom is -0.455 e. The van der Waals surface area contributed by atoms with Crippen molar-refractivity contribution < 1.29 is 14.3 Å². The molecule has 0 radical (unpaired) electrons. The zero-order valence-corrected chi connectivity index (χ0v) is 17.7. The van der Waals surface area contributed by atoms with E-state index in [1.54, 1.807) is 4.90 Å². The molecule has 0 heterocycles. The number of ether oxygens (including phenoxy) is 1. The third kappa shape index (κ3) is 3.55. The number of amides is 1. The molecule has 4 aliphatic carbocycles. The lowest BCUT2D eigenvalue weighted by molar-refractivity contribution is -0.171. The molecule has 0 aromatic heterocycles. The second-order valence-corrected chi connectivity index (χ2v) is 10.8. The fraction of sp³-hybridized carbons (Fsp3) is 0.636. The Labute approximate surface area is 169 Å². The van der Waals surface area contributed by atoms with Gasteiger partial charge in [-0.25, -0.2) is 0 Å². The van der Waals surface area contributed by atoms with Gasteiger partial charge in [0.1, 0.15) is 0 Å². The van der Waals surface area contributed by atoms with Crippen LogP contribution in [0.25, 0.3) is 0 Å². The Hall–Kier alpha value is -1.36. The zero-order chi connectivity index (χ0) is 19.2. The van der Waals surface area contributed by atoms with Crippen LogP contribution in [-0.4, -0.2) is 28.8 Å². The van der Waals surface area contributed by atoms with E-state index in [0.29, 0.717) is 11.8 Å². The van der Waals surface area contributed by atoms with Gasteiger partial charge in [-0.2, -0.15) is 0 Å². The number of para-hydroxylation sites is 1. The smallest absolute Gasteiger partial charge is 0.312 e. The van der Waals surface area contributed by atoms with Crippen LogP contribution in [0.4, 0.5) is 5.69 Å². The summed E-state index contributed by atoms with van der Waals surface area (Å²) in [5.74, 6) is 0.907. The molecule has 146 valence electrons. The molecule has 5 rings (SSSR count). The van der Waals surface area contributed by atoms with Crippen LogP contribution >= 0.6 is 15.9 Å². The van der Waals surface area contributed by atoms with Gasteiger partial charge in [-0.15, -0.1) is 0 Å². The van der Waals surface area contributed by atoms with E-state index in [9.17, 15) is 9.59 Å². The van der Waals surface area contributed by atoms with Crippen molar-refractivity contribution in [1.29, 1.82) is 0 Å². The molecule has 1 aromatic carbocycles.